The molecule has 0 radical (unpaired) electrons. The Bertz CT molecular complexity index is 1480. The Balaban J connectivity index is 1.77. The summed E-state index contributed by atoms with van der Waals surface area (Å²) in [5, 5.41) is 34.1. The number of amides is 1. The first kappa shape index (κ1) is 46.9. The van der Waals surface area contributed by atoms with E-state index >= 15 is 0 Å². The first-order valence-electron chi connectivity index (χ1n) is 20.9. The van der Waals surface area contributed by atoms with Crippen molar-refractivity contribution in [2.24, 2.45) is 35.5 Å². The van der Waals surface area contributed by atoms with E-state index in [4.69, 9.17) is 23.7 Å². The second-order valence-electron chi connectivity index (χ2n) is 17.4. The van der Waals surface area contributed by atoms with E-state index in [9.17, 15) is 34.5 Å². The molecule has 13 heteroatoms. The highest BCUT2D eigenvalue weighted by Crippen LogP contribution is 2.39. The lowest BCUT2D eigenvalue weighted by atomic mass is 9.79. The number of Topliss-reactive ketones (excluding diaryl/α,β-unsaturated/α-hetero) is 2. The van der Waals surface area contributed by atoms with Gasteiger partial charge in [-0.1, -0.05) is 45.9 Å². The number of esters is 1. The van der Waals surface area contributed by atoms with Crippen LogP contribution in [0.4, 0.5) is 0 Å². The van der Waals surface area contributed by atoms with Gasteiger partial charge in [-0.3, -0.25) is 19.3 Å². The van der Waals surface area contributed by atoms with Crippen molar-refractivity contribution in [1.82, 2.24) is 4.90 Å². The number of nitrogens with zero attached hydrogens (tertiary/aromatic N) is 1. The Kier molecular flexibility index (Phi) is 17.2. The van der Waals surface area contributed by atoms with Gasteiger partial charge in [0.15, 0.2) is 0 Å². The minimum atomic E-state index is -2.53. The van der Waals surface area contributed by atoms with E-state index < -0.39 is 71.9 Å². The maximum Gasteiger partial charge on any atom is 0.355 e. The van der Waals surface area contributed by atoms with Crippen molar-refractivity contribution in [3.63, 3.8) is 0 Å². The van der Waals surface area contributed by atoms with Crippen molar-refractivity contribution in [2.45, 2.75) is 154 Å². The summed E-state index contributed by atoms with van der Waals surface area (Å²) >= 11 is 0. The number of carbonyl (C=O) groups is 4. The van der Waals surface area contributed by atoms with Gasteiger partial charge in [-0.25, -0.2) is 4.79 Å². The predicted molar refractivity (Wildman–Crippen MR) is 212 cm³/mol. The molecule has 322 valence electrons. The minimum Gasteiger partial charge on any atom is -0.453 e. The van der Waals surface area contributed by atoms with Gasteiger partial charge < -0.3 is 39.0 Å². The van der Waals surface area contributed by atoms with Crippen LogP contribution in [-0.4, -0.2) is 120 Å². The Hall–Kier alpha value is -2.78. The molecule has 3 N–H and O–H groups in total. The normalized spacial score (nSPS) is 40.1. The topological polar surface area (TPSA) is 178 Å². The zero-order valence-corrected chi connectivity index (χ0v) is 35.4. The van der Waals surface area contributed by atoms with Crippen LogP contribution in [0, 0.1) is 35.5 Å². The van der Waals surface area contributed by atoms with Crippen LogP contribution >= 0.6 is 0 Å². The molecule has 0 spiro atoms. The Morgan fingerprint density at radius 1 is 0.912 bits per heavy atom. The van der Waals surface area contributed by atoms with Gasteiger partial charge in [0.1, 0.15) is 23.7 Å². The molecule has 0 aromatic carbocycles. The summed E-state index contributed by atoms with van der Waals surface area (Å²) in [6.07, 6.45) is 4.94. The molecule has 14 atom stereocenters. The van der Waals surface area contributed by atoms with E-state index in [1.54, 1.807) is 40.0 Å². The van der Waals surface area contributed by atoms with Crippen LogP contribution in [0.1, 0.15) is 105 Å². The minimum absolute atomic E-state index is 0.0175. The molecule has 13 nitrogen and oxygen atoms in total. The van der Waals surface area contributed by atoms with E-state index in [1.807, 2.05) is 6.08 Å². The zero-order chi connectivity index (χ0) is 42.2. The number of rotatable bonds is 7. The van der Waals surface area contributed by atoms with Gasteiger partial charge >= 0.3 is 5.97 Å². The highest BCUT2D eigenvalue weighted by atomic mass is 16.7. The summed E-state index contributed by atoms with van der Waals surface area (Å²) in [7, 11) is 4.62. The molecule has 1 amide bonds. The van der Waals surface area contributed by atoms with Crippen LogP contribution in [0.2, 0.25) is 0 Å². The number of cyclic esters (lactones) is 1. The molecule has 2 saturated heterocycles. The molecular weight excluding hydrogens is 734 g/mol. The van der Waals surface area contributed by atoms with Gasteiger partial charge in [0.05, 0.1) is 30.5 Å². The fourth-order valence-corrected chi connectivity index (χ4v) is 9.52. The van der Waals surface area contributed by atoms with E-state index in [0.29, 0.717) is 56.9 Å². The number of ketones is 2. The number of ether oxygens (including phenoxy) is 5. The lowest BCUT2D eigenvalue weighted by molar-refractivity contribution is -0.302. The quantitative estimate of drug-likeness (QED) is 0.182. The van der Waals surface area contributed by atoms with E-state index in [0.717, 1.165) is 11.3 Å². The molecule has 4 rings (SSSR count). The summed E-state index contributed by atoms with van der Waals surface area (Å²) in [6, 6.07) is 0. The first-order valence-corrected chi connectivity index (χ1v) is 20.9. The standard InChI is InChI=1S/C44H69NO12/c1-10-13-31-19-25(2)18-26(3)20-37(54-8)40-38(55-9)22-28(5)44(52,57-40)41(49)42(50)45-17-12-11-14-32(45)43(51)56-39(29(6)34(47)24-35(31)48)27(4)21-30-15-16-33(46)36(23-30)53-7/h10,14,21,25-26,28-31,33-34,36-40,46-47,52H,1,11-13,15-20,22-24H2,2-9H3. The largest absolute Gasteiger partial charge is 0.453 e. The summed E-state index contributed by atoms with van der Waals surface area (Å²) in [4.78, 5) is 57.6. The summed E-state index contributed by atoms with van der Waals surface area (Å²) < 4.78 is 29.7. The third-order valence-corrected chi connectivity index (χ3v) is 12.9. The van der Waals surface area contributed by atoms with E-state index in [2.05, 4.69) is 20.4 Å². The van der Waals surface area contributed by atoms with Crippen LogP contribution < -0.4 is 0 Å². The van der Waals surface area contributed by atoms with Crippen molar-refractivity contribution in [3.8, 4) is 0 Å². The Labute approximate surface area is 339 Å². The number of allylic oxidation sites excluding steroid dienone is 3. The van der Waals surface area contributed by atoms with Crippen LogP contribution in [0.3, 0.4) is 0 Å². The predicted octanol–water partition coefficient (Wildman–Crippen LogP) is 4.84. The van der Waals surface area contributed by atoms with Gasteiger partial charge in [-0.05, 0) is 94.5 Å². The molecule has 4 aliphatic rings. The fourth-order valence-electron chi connectivity index (χ4n) is 9.52. The van der Waals surface area contributed by atoms with Crippen LogP contribution in [-0.2, 0) is 42.9 Å². The molecule has 3 fully saturated rings. The molecule has 3 heterocycles. The number of hydrogen-bond acceptors (Lipinski definition) is 12. The first-order chi connectivity index (χ1) is 27.0. The van der Waals surface area contributed by atoms with Gasteiger partial charge in [0.25, 0.3) is 11.7 Å². The van der Waals surface area contributed by atoms with Crippen molar-refractivity contribution < 1.29 is 58.2 Å². The molecular formula is C44H69NO12. The number of carbonyl (C=O) groups excluding carboxylic acids is 4. The highest BCUT2D eigenvalue weighted by Gasteiger charge is 2.56. The van der Waals surface area contributed by atoms with Crippen molar-refractivity contribution >= 4 is 23.4 Å². The molecule has 57 heavy (non-hydrogen) atoms. The molecule has 14 unspecified atom stereocenters. The van der Waals surface area contributed by atoms with Crippen LogP contribution in [0.5, 0.6) is 0 Å². The maximum atomic E-state index is 14.2. The number of aliphatic hydroxyl groups is 3. The average Bonchev–Trinajstić information content (AvgIpc) is 3.18. The van der Waals surface area contributed by atoms with E-state index in [1.165, 1.54) is 14.2 Å². The number of hydrogen-bond donors (Lipinski definition) is 3. The number of aliphatic hydroxyl groups excluding tert-OH is 2. The SMILES string of the molecule is C=CCC1CC(C)CC(C)CC(OC)C2OC(O)(C(=O)C(=O)N3CCCC=C3C(=O)OC(C(C)=CC3CCC(O)C(OC)C3)C(C)C(O)CC1=O)C(C)CC2OC. The Morgan fingerprint density at radius 3 is 2.21 bits per heavy atom. The van der Waals surface area contributed by atoms with Gasteiger partial charge in [0.2, 0.25) is 5.79 Å². The third kappa shape index (κ3) is 11.3. The molecule has 1 aliphatic carbocycles. The van der Waals surface area contributed by atoms with Gasteiger partial charge in [0, 0.05) is 52.0 Å². The smallest absolute Gasteiger partial charge is 0.355 e. The summed E-state index contributed by atoms with van der Waals surface area (Å²) in [5.41, 5.74) is 0.487. The molecule has 0 aromatic rings. The molecule has 3 aliphatic heterocycles. The lowest BCUT2D eigenvalue weighted by Crippen LogP contribution is -2.63. The summed E-state index contributed by atoms with van der Waals surface area (Å²) in [6.45, 7) is 13.2. The summed E-state index contributed by atoms with van der Waals surface area (Å²) in [5.74, 6) is -7.64. The number of fused-ring (bicyclic) bond motifs is 3. The maximum absolute atomic E-state index is 14.2. The molecule has 1 saturated carbocycles. The third-order valence-electron chi connectivity index (χ3n) is 12.9. The van der Waals surface area contributed by atoms with Gasteiger partial charge in [-0.15, -0.1) is 6.58 Å². The molecule has 0 aromatic heterocycles. The highest BCUT2D eigenvalue weighted by molar-refractivity contribution is 6.39. The second kappa shape index (κ2) is 21.0. The second-order valence-corrected chi connectivity index (χ2v) is 17.4. The number of methoxy groups -OCH3 is 3. The van der Waals surface area contributed by atoms with E-state index in [-0.39, 0.29) is 60.6 Å². The van der Waals surface area contributed by atoms with Crippen LogP contribution in [0.15, 0.2) is 36.1 Å². The van der Waals surface area contributed by atoms with Crippen molar-refractivity contribution in [2.75, 3.05) is 27.9 Å². The van der Waals surface area contributed by atoms with Gasteiger partial charge in [-0.2, -0.15) is 0 Å². The Morgan fingerprint density at radius 2 is 1.56 bits per heavy atom. The molecule has 2 bridgehead atoms. The fraction of sp³-hybridized carbons (Fsp3) is 0.773. The van der Waals surface area contributed by atoms with Crippen LogP contribution in [0.25, 0.3) is 0 Å². The van der Waals surface area contributed by atoms with Crippen molar-refractivity contribution in [1.29, 1.82) is 0 Å². The monoisotopic (exact) mass is 803 g/mol. The zero-order valence-electron chi connectivity index (χ0n) is 35.4. The average molecular weight is 804 g/mol. The van der Waals surface area contributed by atoms with Crippen molar-refractivity contribution in [3.05, 3.63) is 36.1 Å². The lowest BCUT2D eigenvalue weighted by Gasteiger charge is -2.46.